The van der Waals surface area contributed by atoms with Crippen LogP contribution in [0.1, 0.15) is 33.3 Å². The Hall–Kier alpha value is -2.11. The highest BCUT2D eigenvalue weighted by atomic mass is 16.7. The van der Waals surface area contributed by atoms with Gasteiger partial charge in [-0.2, -0.15) is 0 Å². The van der Waals surface area contributed by atoms with E-state index in [-0.39, 0.29) is 24.7 Å². The second-order valence-corrected chi connectivity index (χ2v) is 4.99. The summed E-state index contributed by atoms with van der Waals surface area (Å²) in [5.41, 5.74) is 0.941. The van der Waals surface area contributed by atoms with E-state index in [0.717, 1.165) is 5.56 Å². The fraction of sp³-hybridized carbons (Fsp3) is 0.500. The van der Waals surface area contributed by atoms with E-state index in [1.807, 2.05) is 58.0 Å². The monoisotopic (exact) mass is 279 g/mol. The standard InChI is InChI=1S/C14H21N3O3/c1-11(2)16(12(3)4)14(15-17(18)19)20-10-13-8-6-5-7-9-13/h5-9,11-12H,10H2,1-4H3. The van der Waals surface area contributed by atoms with E-state index in [4.69, 9.17) is 4.74 Å². The molecular weight excluding hydrogens is 258 g/mol. The molecule has 110 valence electrons. The molecule has 1 aromatic carbocycles. The average molecular weight is 279 g/mol. The summed E-state index contributed by atoms with van der Waals surface area (Å²) in [6.45, 7) is 8.04. The van der Waals surface area contributed by atoms with Crippen molar-refractivity contribution in [3.63, 3.8) is 0 Å². The van der Waals surface area contributed by atoms with E-state index < -0.39 is 5.03 Å². The molecule has 1 aromatic rings. The molecule has 0 bridgehead atoms. The number of benzene rings is 1. The van der Waals surface area contributed by atoms with E-state index in [0.29, 0.717) is 0 Å². The largest absolute Gasteiger partial charge is 0.456 e. The first-order valence-corrected chi connectivity index (χ1v) is 6.60. The van der Waals surface area contributed by atoms with Crippen molar-refractivity contribution in [3.8, 4) is 0 Å². The third-order valence-corrected chi connectivity index (χ3v) is 2.71. The van der Waals surface area contributed by atoms with Crippen LogP contribution in [0.25, 0.3) is 0 Å². The minimum absolute atomic E-state index is 0.0452. The van der Waals surface area contributed by atoms with Gasteiger partial charge in [0.25, 0.3) is 0 Å². The number of hydrogen-bond acceptors (Lipinski definition) is 3. The molecular formula is C14H21N3O3. The molecule has 6 heteroatoms. The molecule has 20 heavy (non-hydrogen) atoms. The van der Waals surface area contributed by atoms with E-state index in [2.05, 4.69) is 5.10 Å². The molecule has 0 N–H and O–H groups in total. The van der Waals surface area contributed by atoms with Gasteiger partial charge in [0.05, 0.1) is 0 Å². The molecule has 0 aliphatic heterocycles. The van der Waals surface area contributed by atoms with Crippen LogP contribution in [0.5, 0.6) is 0 Å². The second kappa shape index (κ2) is 7.47. The molecule has 0 amide bonds. The summed E-state index contributed by atoms with van der Waals surface area (Å²) in [5, 5.41) is 13.3. The third kappa shape index (κ3) is 4.87. The lowest BCUT2D eigenvalue weighted by atomic mass is 10.2. The number of hydrogen-bond donors (Lipinski definition) is 0. The van der Waals surface area contributed by atoms with Crippen molar-refractivity contribution in [2.75, 3.05) is 0 Å². The number of ether oxygens (including phenoxy) is 1. The number of nitrogens with zero attached hydrogens (tertiary/aromatic N) is 3. The van der Waals surface area contributed by atoms with Gasteiger partial charge in [-0.25, -0.2) is 10.1 Å². The predicted octanol–water partition coefficient (Wildman–Crippen LogP) is 2.87. The van der Waals surface area contributed by atoms with Gasteiger partial charge >= 0.3 is 6.02 Å². The Balaban J connectivity index is 2.87. The normalized spacial score (nSPS) is 11.8. The Morgan fingerprint density at radius 2 is 1.80 bits per heavy atom. The van der Waals surface area contributed by atoms with Crippen LogP contribution < -0.4 is 0 Å². The van der Waals surface area contributed by atoms with Crippen molar-refractivity contribution in [1.29, 1.82) is 0 Å². The zero-order valence-electron chi connectivity index (χ0n) is 12.3. The van der Waals surface area contributed by atoms with Gasteiger partial charge < -0.3 is 9.64 Å². The van der Waals surface area contributed by atoms with Gasteiger partial charge in [0.2, 0.25) is 0 Å². The Morgan fingerprint density at radius 3 is 2.25 bits per heavy atom. The van der Waals surface area contributed by atoms with E-state index in [9.17, 15) is 10.1 Å². The quantitative estimate of drug-likeness (QED) is 0.360. The molecule has 1 rings (SSSR count). The summed E-state index contributed by atoms with van der Waals surface area (Å²) in [4.78, 5) is 12.5. The zero-order valence-corrected chi connectivity index (χ0v) is 12.3. The van der Waals surface area contributed by atoms with Gasteiger partial charge in [-0.05, 0) is 33.3 Å². The fourth-order valence-corrected chi connectivity index (χ4v) is 1.99. The Morgan fingerprint density at radius 1 is 1.25 bits per heavy atom. The maximum Gasteiger partial charge on any atom is 0.362 e. The highest BCUT2D eigenvalue weighted by Crippen LogP contribution is 2.10. The third-order valence-electron chi connectivity index (χ3n) is 2.71. The number of rotatable bonds is 5. The number of amidine groups is 1. The van der Waals surface area contributed by atoms with Crippen LogP contribution in [0.3, 0.4) is 0 Å². The van der Waals surface area contributed by atoms with Gasteiger partial charge in [0.1, 0.15) is 11.7 Å². The highest BCUT2D eigenvalue weighted by molar-refractivity contribution is 5.73. The molecule has 0 fully saturated rings. The van der Waals surface area contributed by atoms with Crippen molar-refractivity contribution < 1.29 is 9.77 Å². The van der Waals surface area contributed by atoms with Crippen molar-refractivity contribution in [2.24, 2.45) is 5.10 Å². The summed E-state index contributed by atoms with van der Waals surface area (Å²) in [6, 6.07) is 9.66. The highest BCUT2D eigenvalue weighted by Gasteiger charge is 2.23. The van der Waals surface area contributed by atoms with E-state index >= 15 is 0 Å². The average Bonchev–Trinajstić information content (AvgIpc) is 2.35. The van der Waals surface area contributed by atoms with Gasteiger partial charge in [0.15, 0.2) is 5.03 Å². The minimum Gasteiger partial charge on any atom is -0.456 e. The molecule has 6 nitrogen and oxygen atoms in total. The van der Waals surface area contributed by atoms with Crippen LogP contribution in [0.4, 0.5) is 0 Å². The SMILES string of the molecule is CC(C)N(C(=N[N+](=O)[O-])OCc1ccccc1)C(C)C. The maximum atomic E-state index is 10.7. The molecule has 0 saturated carbocycles. The van der Waals surface area contributed by atoms with Gasteiger partial charge in [-0.3, -0.25) is 0 Å². The summed E-state index contributed by atoms with van der Waals surface area (Å²) >= 11 is 0. The molecule has 0 spiro atoms. The predicted molar refractivity (Wildman–Crippen MR) is 77.8 cm³/mol. The second-order valence-electron chi connectivity index (χ2n) is 4.99. The van der Waals surface area contributed by atoms with Gasteiger partial charge in [0, 0.05) is 12.1 Å². The first-order valence-electron chi connectivity index (χ1n) is 6.60. The van der Waals surface area contributed by atoms with Crippen molar-refractivity contribution in [2.45, 2.75) is 46.4 Å². The first kappa shape index (κ1) is 15.9. The molecule has 0 atom stereocenters. The summed E-state index contributed by atoms with van der Waals surface area (Å²) in [7, 11) is 0. The van der Waals surface area contributed by atoms with Gasteiger partial charge in [-0.1, -0.05) is 30.3 Å². The van der Waals surface area contributed by atoms with Crippen LogP contribution >= 0.6 is 0 Å². The Labute approximate surface area is 119 Å². The van der Waals surface area contributed by atoms with Crippen molar-refractivity contribution in [1.82, 2.24) is 4.90 Å². The summed E-state index contributed by atoms with van der Waals surface area (Å²) < 4.78 is 5.56. The maximum absolute atomic E-state index is 10.7. The van der Waals surface area contributed by atoms with E-state index in [1.165, 1.54) is 0 Å². The van der Waals surface area contributed by atoms with E-state index in [1.54, 1.807) is 4.90 Å². The van der Waals surface area contributed by atoms with Crippen LogP contribution in [0.2, 0.25) is 0 Å². The lowest BCUT2D eigenvalue weighted by Crippen LogP contribution is -2.43. The molecule has 0 unspecified atom stereocenters. The summed E-state index contributed by atoms with van der Waals surface area (Å²) in [6.07, 6.45) is 0. The van der Waals surface area contributed by atoms with Crippen molar-refractivity contribution in [3.05, 3.63) is 46.0 Å². The number of nitro groups is 1. The Bertz CT molecular complexity index is 450. The molecule has 0 saturated heterocycles. The fourth-order valence-electron chi connectivity index (χ4n) is 1.99. The Kier molecular flexibility index (Phi) is 5.96. The van der Waals surface area contributed by atoms with Crippen LogP contribution in [0.15, 0.2) is 35.4 Å². The zero-order chi connectivity index (χ0) is 15.1. The molecule has 0 aromatic heterocycles. The first-order chi connectivity index (χ1) is 9.41. The van der Waals surface area contributed by atoms with Gasteiger partial charge in [-0.15, -0.1) is 0 Å². The van der Waals surface area contributed by atoms with Crippen molar-refractivity contribution >= 4 is 6.02 Å². The topological polar surface area (TPSA) is 68.0 Å². The lowest BCUT2D eigenvalue weighted by Gasteiger charge is -2.31. The smallest absolute Gasteiger partial charge is 0.362 e. The lowest BCUT2D eigenvalue weighted by molar-refractivity contribution is -0.487. The minimum atomic E-state index is -0.724. The van der Waals surface area contributed by atoms with Crippen LogP contribution in [0, 0.1) is 10.1 Å². The van der Waals surface area contributed by atoms with Crippen LogP contribution in [-0.2, 0) is 11.3 Å². The molecule has 0 aliphatic carbocycles. The molecule has 0 aliphatic rings. The molecule has 0 heterocycles. The van der Waals surface area contributed by atoms with Crippen LogP contribution in [-0.4, -0.2) is 28.0 Å². The summed E-state index contributed by atoms with van der Waals surface area (Å²) in [5.74, 6) is 0. The molecule has 0 radical (unpaired) electrons. The number of hydrazone groups is 1.